The first-order chi connectivity index (χ1) is 11.7. The number of amides is 1. The number of carbonyl (C=O) groups excluding carboxylic acids is 1. The number of hydrogen-bond acceptors (Lipinski definition) is 4. The molecule has 0 radical (unpaired) electrons. The molecule has 3 rings (SSSR count). The summed E-state index contributed by atoms with van der Waals surface area (Å²) in [6.45, 7) is 9.42. The summed E-state index contributed by atoms with van der Waals surface area (Å²) in [6, 6.07) is 12.2. The van der Waals surface area contributed by atoms with Crippen LogP contribution in [0.1, 0.15) is 28.8 Å². The molecule has 1 aliphatic rings. The summed E-state index contributed by atoms with van der Waals surface area (Å²) >= 11 is 0. The molecule has 0 spiro atoms. The highest BCUT2D eigenvalue weighted by atomic mass is 16.4. The van der Waals surface area contributed by atoms with E-state index >= 15 is 0 Å². The van der Waals surface area contributed by atoms with Gasteiger partial charge in [-0.15, -0.1) is 0 Å². The lowest BCUT2D eigenvalue weighted by molar-refractivity contribution is 0.0924. The number of anilines is 1. The molecule has 2 aromatic rings. The highest BCUT2D eigenvalue weighted by Crippen LogP contribution is 2.21. The normalized spacial score (nSPS) is 15.5. The smallest absolute Gasteiger partial charge is 0.286 e. The fraction of sp³-hybridized carbons (Fsp3) is 0.421. The zero-order valence-corrected chi connectivity index (χ0v) is 14.4. The Kier molecular flexibility index (Phi) is 5.20. The second-order valence-corrected chi connectivity index (χ2v) is 6.18. The number of furan rings is 1. The van der Waals surface area contributed by atoms with Crippen LogP contribution in [0.5, 0.6) is 0 Å². The van der Waals surface area contributed by atoms with Gasteiger partial charge in [0, 0.05) is 38.4 Å². The van der Waals surface area contributed by atoms with E-state index in [1.165, 1.54) is 11.3 Å². The third-order valence-electron chi connectivity index (χ3n) is 4.43. The molecular formula is C19H25N3O2. The number of piperazine rings is 1. The Morgan fingerprint density at radius 2 is 1.88 bits per heavy atom. The van der Waals surface area contributed by atoms with Crippen molar-refractivity contribution in [3.63, 3.8) is 0 Å². The maximum Gasteiger partial charge on any atom is 0.286 e. The number of carbonyl (C=O) groups is 1. The van der Waals surface area contributed by atoms with E-state index in [1.807, 2.05) is 13.0 Å². The van der Waals surface area contributed by atoms with Crippen molar-refractivity contribution in [1.82, 2.24) is 10.2 Å². The van der Waals surface area contributed by atoms with Gasteiger partial charge in [0.2, 0.25) is 0 Å². The molecule has 0 aliphatic carbocycles. The Bertz CT molecular complexity index is 687. The van der Waals surface area contributed by atoms with Crippen molar-refractivity contribution in [3.8, 4) is 0 Å². The monoisotopic (exact) mass is 327 g/mol. The lowest BCUT2D eigenvalue weighted by Gasteiger charge is -2.36. The van der Waals surface area contributed by atoms with Crippen LogP contribution in [-0.2, 0) is 6.54 Å². The van der Waals surface area contributed by atoms with Crippen LogP contribution in [0, 0.1) is 6.92 Å². The molecule has 5 nitrogen and oxygen atoms in total. The van der Waals surface area contributed by atoms with E-state index in [-0.39, 0.29) is 5.91 Å². The van der Waals surface area contributed by atoms with Gasteiger partial charge in [0.25, 0.3) is 5.91 Å². The summed E-state index contributed by atoms with van der Waals surface area (Å²) in [5.74, 6) is 1.10. The summed E-state index contributed by atoms with van der Waals surface area (Å²) in [5, 5.41) is 2.76. The first-order valence-electron chi connectivity index (χ1n) is 8.57. The first-order valence-corrected chi connectivity index (χ1v) is 8.57. The molecular weight excluding hydrogens is 302 g/mol. The highest BCUT2D eigenvalue weighted by molar-refractivity contribution is 5.91. The van der Waals surface area contributed by atoms with E-state index < -0.39 is 0 Å². The highest BCUT2D eigenvalue weighted by Gasteiger charge is 2.19. The molecule has 1 saturated heterocycles. The van der Waals surface area contributed by atoms with Crippen molar-refractivity contribution < 1.29 is 9.21 Å². The van der Waals surface area contributed by atoms with Crippen molar-refractivity contribution in [2.24, 2.45) is 0 Å². The third kappa shape index (κ3) is 3.79. The van der Waals surface area contributed by atoms with Crippen LogP contribution in [0.25, 0.3) is 0 Å². The zero-order valence-electron chi connectivity index (χ0n) is 14.4. The van der Waals surface area contributed by atoms with Crippen LogP contribution >= 0.6 is 0 Å². The van der Waals surface area contributed by atoms with E-state index in [0.29, 0.717) is 12.3 Å². The summed E-state index contributed by atoms with van der Waals surface area (Å²) in [5.41, 5.74) is 2.65. The van der Waals surface area contributed by atoms with E-state index in [4.69, 9.17) is 4.42 Å². The van der Waals surface area contributed by atoms with Crippen LogP contribution in [0.2, 0.25) is 0 Å². The molecule has 0 unspecified atom stereocenters. The van der Waals surface area contributed by atoms with Crippen LogP contribution in [0.4, 0.5) is 5.69 Å². The van der Waals surface area contributed by atoms with Crippen LogP contribution < -0.4 is 10.2 Å². The topological polar surface area (TPSA) is 48.7 Å². The van der Waals surface area contributed by atoms with Crippen LogP contribution in [0.15, 0.2) is 40.8 Å². The molecule has 1 aromatic heterocycles. The SMILES string of the molecule is CCNC(=O)c1ccc(CN2CCN(c3ccccc3C)CC2)o1. The quantitative estimate of drug-likeness (QED) is 0.917. The standard InChI is InChI=1S/C19H25N3O2/c1-3-20-19(23)18-9-8-16(24-18)14-21-10-12-22(13-11-21)17-7-5-4-6-15(17)2/h4-9H,3,10-14H2,1-2H3,(H,20,23). The van der Waals surface area contributed by atoms with Crippen molar-refractivity contribution in [1.29, 1.82) is 0 Å². The first kappa shape index (κ1) is 16.6. The van der Waals surface area contributed by atoms with Gasteiger partial charge in [0.05, 0.1) is 6.54 Å². The Morgan fingerprint density at radius 1 is 1.12 bits per heavy atom. The van der Waals surface area contributed by atoms with Crippen molar-refractivity contribution in [2.45, 2.75) is 20.4 Å². The molecule has 0 bridgehead atoms. The van der Waals surface area contributed by atoms with Crippen LogP contribution in [0.3, 0.4) is 0 Å². The third-order valence-corrected chi connectivity index (χ3v) is 4.43. The minimum Gasteiger partial charge on any atom is -0.455 e. The van der Waals surface area contributed by atoms with Gasteiger partial charge in [-0.3, -0.25) is 9.69 Å². The molecule has 1 aromatic carbocycles. The molecule has 5 heteroatoms. The number of aryl methyl sites for hydroxylation is 1. The van der Waals surface area contributed by atoms with Gasteiger partial charge in [-0.1, -0.05) is 18.2 Å². The molecule has 0 atom stereocenters. The number of nitrogens with zero attached hydrogens (tertiary/aromatic N) is 2. The molecule has 24 heavy (non-hydrogen) atoms. The summed E-state index contributed by atoms with van der Waals surface area (Å²) in [4.78, 5) is 16.6. The fourth-order valence-electron chi connectivity index (χ4n) is 3.12. The van der Waals surface area contributed by atoms with Gasteiger partial charge in [0.1, 0.15) is 5.76 Å². The Balaban J connectivity index is 1.54. The van der Waals surface area contributed by atoms with Gasteiger partial charge < -0.3 is 14.6 Å². The molecule has 0 saturated carbocycles. The van der Waals surface area contributed by atoms with Crippen molar-refractivity contribution >= 4 is 11.6 Å². The van der Waals surface area contributed by atoms with Gasteiger partial charge in [-0.05, 0) is 37.6 Å². The van der Waals surface area contributed by atoms with Crippen LogP contribution in [-0.4, -0.2) is 43.5 Å². The summed E-state index contributed by atoms with van der Waals surface area (Å²) < 4.78 is 5.66. The second kappa shape index (κ2) is 7.53. The molecule has 1 N–H and O–H groups in total. The van der Waals surface area contributed by atoms with Gasteiger partial charge in [-0.2, -0.15) is 0 Å². The Labute approximate surface area is 143 Å². The molecule has 128 valence electrons. The molecule has 1 amide bonds. The molecule has 1 aliphatic heterocycles. The lowest BCUT2D eigenvalue weighted by atomic mass is 10.1. The Hall–Kier alpha value is -2.27. The minimum atomic E-state index is -0.145. The van der Waals surface area contributed by atoms with Gasteiger partial charge >= 0.3 is 0 Å². The largest absolute Gasteiger partial charge is 0.455 e. The van der Waals surface area contributed by atoms with E-state index in [0.717, 1.165) is 38.5 Å². The zero-order chi connectivity index (χ0) is 16.9. The van der Waals surface area contributed by atoms with E-state index in [9.17, 15) is 4.79 Å². The number of rotatable bonds is 5. The maximum absolute atomic E-state index is 11.8. The number of para-hydroxylation sites is 1. The lowest BCUT2D eigenvalue weighted by Crippen LogP contribution is -2.46. The number of benzene rings is 1. The predicted octanol–water partition coefficient (Wildman–Crippen LogP) is 2.66. The molecule has 1 fully saturated rings. The van der Waals surface area contributed by atoms with E-state index in [2.05, 4.69) is 46.3 Å². The van der Waals surface area contributed by atoms with Gasteiger partial charge in [0.15, 0.2) is 5.76 Å². The van der Waals surface area contributed by atoms with Gasteiger partial charge in [-0.25, -0.2) is 0 Å². The van der Waals surface area contributed by atoms with E-state index in [1.54, 1.807) is 6.07 Å². The average Bonchev–Trinajstić information content (AvgIpc) is 3.05. The predicted molar refractivity (Wildman–Crippen MR) is 95.4 cm³/mol. The van der Waals surface area contributed by atoms with Crippen molar-refractivity contribution in [3.05, 3.63) is 53.5 Å². The number of hydrogen-bond donors (Lipinski definition) is 1. The Morgan fingerprint density at radius 3 is 2.58 bits per heavy atom. The summed E-state index contributed by atoms with van der Waals surface area (Å²) in [7, 11) is 0. The maximum atomic E-state index is 11.8. The molecule has 2 heterocycles. The minimum absolute atomic E-state index is 0.145. The second-order valence-electron chi connectivity index (χ2n) is 6.18. The summed E-state index contributed by atoms with van der Waals surface area (Å²) in [6.07, 6.45) is 0. The average molecular weight is 327 g/mol. The number of nitrogens with one attached hydrogen (secondary N) is 1. The van der Waals surface area contributed by atoms with Crippen molar-refractivity contribution in [2.75, 3.05) is 37.6 Å². The fourth-order valence-corrected chi connectivity index (χ4v) is 3.12.